The Hall–Kier alpha value is -0.970. The van der Waals surface area contributed by atoms with E-state index in [1.54, 1.807) is 0 Å². The molecule has 0 saturated heterocycles. The van der Waals surface area contributed by atoms with Gasteiger partial charge in [-0.25, -0.2) is 0 Å². The van der Waals surface area contributed by atoms with Gasteiger partial charge in [-0.15, -0.1) is 0 Å². The first-order valence-corrected chi connectivity index (χ1v) is 6.49. The van der Waals surface area contributed by atoms with Crippen molar-refractivity contribution >= 4 is 11.6 Å². The molecular formula is C15H17ClO. The molecule has 0 atom stereocenters. The topological polar surface area (TPSA) is 20.2 Å². The maximum atomic E-state index is 10.3. The smallest absolute Gasteiger partial charge is 0.125 e. The van der Waals surface area contributed by atoms with E-state index in [4.69, 9.17) is 11.6 Å². The Balaban J connectivity index is 2.22. The van der Waals surface area contributed by atoms with Crippen molar-refractivity contribution in [1.82, 2.24) is 0 Å². The van der Waals surface area contributed by atoms with Crippen LogP contribution < -0.4 is 0 Å². The van der Waals surface area contributed by atoms with Crippen LogP contribution in [0, 0.1) is 18.8 Å². The molecule has 0 radical (unpaired) electrons. The number of hydrogen-bond acceptors (Lipinski definition) is 1. The second-order valence-electron chi connectivity index (χ2n) is 4.80. The minimum absolute atomic E-state index is 0.690. The Morgan fingerprint density at radius 2 is 1.94 bits per heavy atom. The van der Waals surface area contributed by atoms with Crippen LogP contribution in [-0.2, 0) is 0 Å². The summed E-state index contributed by atoms with van der Waals surface area (Å²) in [4.78, 5) is 0. The Morgan fingerprint density at radius 3 is 2.65 bits per heavy atom. The summed E-state index contributed by atoms with van der Waals surface area (Å²) in [5.74, 6) is 6.11. The first-order chi connectivity index (χ1) is 8.09. The van der Waals surface area contributed by atoms with Gasteiger partial charge in [-0.05, 0) is 50.3 Å². The van der Waals surface area contributed by atoms with E-state index in [1.165, 1.54) is 6.42 Å². The van der Waals surface area contributed by atoms with Gasteiger partial charge in [0, 0.05) is 10.6 Å². The third-order valence-corrected chi connectivity index (χ3v) is 3.55. The molecule has 0 unspecified atom stereocenters. The van der Waals surface area contributed by atoms with Gasteiger partial charge in [0.05, 0.1) is 0 Å². The predicted octanol–water partition coefficient (Wildman–Crippen LogP) is 3.70. The normalized spacial score (nSPS) is 18.3. The van der Waals surface area contributed by atoms with Crippen LogP contribution in [0.3, 0.4) is 0 Å². The lowest BCUT2D eigenvalue weighted by molar-refractivity contribution is 0.0610. The number of hydrogen-bond donors (Lipinski definition) is 1. The summed E-state index contributed by atoms with van der Waals surface area (Å²) in [6, 6.07) is 5.67. The zero-order valence-electron chi connectivity index (χ0n) is 10.1. The minimum Gasteiger partial charge on any atom is -0.378 e. The zero-order valence-corrected chi connectivity index (χ0v) is 10.8. The monoisotopic (exact) mass is 248 g/mol. The molecule has 1 fully saturated rings. The molecule has 2 heteroatoms. The van der Waals surface area contributed by atoms with E-state index in [-0.39, 0.29) is 0 Å². The van der Waals surface area contributed by atoms with Crippen LogP contribution in [0.1, 0.15) is 43.2 Å². The van der Waals surface area contributed by atoms with Gasteiger partial charge in [-0.2, -0.15) is 0 Å². The van der Waals surface area contributed by atoms with Crippen molar-refractivity contribution in [3.05, 3.63) is 34.3 Å². The van der Waals surface area contributed by atoms with E-state index < -0.39 is 5.60 Å². The molecule has 1 aliphatic carbocycles. The lowest BCUT2D eigenvalue weighted by Crippen LogP contribution is -2.29. The molecule has 0 heterocycles. The molecule has 1 N–H and O–H groups in total. The molecule has 1 nitrogen and oxygen atoms in total. The van der Waals surface area contributed by atoms with Crippen LogP contribution >= 0.6 is 11.6 Å². The van der Waals surface area contributed by atoms with E-state index in [9.17, 15) is 5.11 Å². The molecule has 17 heavy (non-hydrogen) atoms. The summed E-state index contributed by atoms with van der Waals surface area (Å²) in [6.45, 7) is 2.01. The quantitative estimate of drug-likeness (QED) is 0.695. The number of aryl methyl sites for hydroxylation is 1. The van der Waals surface area contributed by atoms with Crippen molar-refractivity contribution in [3.63, 3.8) is 0 Å². The number of rotatable bonds is 0. The number of benzene rings is 1. The molecule has 0 spiro atoms. The Labute approximate surface area is 108 Å². The van der Waals surface area contributed by atoms with E-state index in [0.29, 0.717) is 5.02 Å². The fraction of sp³-hybridized carbons (Fsp3) is 0.467. The van der Waals surface area contributed by atoms with Gasteiger partial charge in [-0.1, -0.05) is 35.9 Å². The molecule has 0 aliphatic heterocycles. The van der Waals surface area contributed by atoms with Gasteiger partial charge < -0.3 is 5.11 Å². The summed E-state index contributed by atoms with van der Waals surface area (Å²) < 4.78 is 0. The van der Waals surface area contributed by atoms with Gasteiger partial charge >= 0.3 is 0 Å². The molecule has 1 aromatic rings. The second-order valence-corrected chi connectivity index (χ2v) is 5.24. The van der Waals surface area contributed by atoms with Crippen molar-refractivity contribution in [2.24, 2.45) is 0 Å². The van der Waals surface area contributed by atoms with Crippen molar-refractivity contribution in [1.29, 1.82) is 0 Å². The maximum Gasteiger partial charge on any atom is 0.125 e. The molecule has 0 amide bonds. The summed E-state index contributed by atoms with van der Waals surface area (Å²) >= 11 is 5.94. The fourth-order valence-corrected chi connectivity index (χ4v) is 2.35. The molecule has 0 aromatic heterocycles. The van der Waals surface area contributed by atoms with Crippen LogP contribution in [0.25, 0.3) is 0 Å². The van der Waals surface area contributed by atoms with Crippen molar-refractivity contribution < 1.29 is 5.11 Å². The Bertz CT molecular complexity index is 462. The number of halogens is 1. The van der Waals surface area contributed by atoms with Crippen molar-refractivity contribution in [2.75, 3.05) is 0 Å². The summed E-state index contributed by atoms with van der Waals surface area (Å²) in [5, 5.41) is 11.0. The van der Waals surface area contributed by atoms with E-state index in [0.717, 1.165) is 36.8 Å². The first-order valence-electron chi connectivity index (χ1n) is 6.11. The first kappa shape index (κ1) is 12.5. The molecule has 1 aromatic carbocycles. The SMILES string of the molecule is Cc1ccc(Cl)cc1C#CC1(O)CCCCC1. The average Bonchev–Trinajstić information content (AvgIpc) is 2.31. The molecule has 1 aliphatic rings. The molecule has 1 saturated carbocycles. The van der Waals surface area contributed by atoms with Crippen molar-refractivity contribution in [2.45, 2.75) is 44.6 Å². The average molecular weight is 249 g/mol. The summed E-state index contributed by atoms with van der Waals surface area (Å²) in [6.07, 6.45) is 4.93. The Kier molecular flexibility index (Phi) is 3.76. The van der Waals surface area contributed by atoms with Crippen LogP contribution in [0.2, 0.25) is 5.02 Å². The van der Waals surface area contributed by atoms with Crippen LogP contribution in [0.4, 0.5) is 0 Å². The van der Waals surface area contributed by atoms with Gasteiger partial charge in [0.15, 0.2) is 0 Å². The maximum absolute atomic E-state index is 10.3. The van der Waals surface area contributed by atoms with Gasteiger partial charge in [0.25, 0.3) is 0 Å². The molecule has 90 valence electrons. The van der Waals surface area contributed by atoms with Crippen LogP contribution in [0.5, 0.6) is 0 Å². The predicted molar refractivity (Wildman–Crippen MR) is 71.1 cm³/mol. The highest BCUT2D eigenvalue weighted by Crippen LogP contribution is 2.27. The van der Waals surface area contributed by atoms with Gasteiger partial charge in [0.2, 0.25) is 0 Å². The highest BCUT2D eigenvalue weighted by atomic mass is 35.5. The zero-order chi connectivity index (χ0) is 12.3. The summed E-state index contributed by atoms with van der Waals surface area (Å²) in [7, 11) is 0. The van der Waals surface area contributed by atoms with E-state index >= 15 is 0 Å². The molecule has 2 rings (SSSR count). The van der Waals surface area contributed by atoms with Gasteiger partial charge in [-0.3, -0.25) is 0 Å². The van der Waals surface area contributed by atoms with Crippen LogP contribution in [-0.4, -0.2) is 10.7 Å². The lowest BCUT2D eigenvalue weighted by atomic mass is 9.85. The standard InChI is InChI=1S/C15H17ClO/c1-12-5-6-14(16)11-13(12)7-10-15(17)8-3-2-4-9-15/h5-6,11,17H,2-4,8-9H2,1H3. The third kappa shape index (κ3) is 3.25. The van der Waals surface area contributed by atoms with Crippen LogP contribution in [0.15, 0.2) is 18.2 Å². The summed E-state index contributed by atoms with van der Waals surface area (Å²) in [5.41, 5.74) is 1.23. The largest absolute Gasteiger partial charge is 0.378 e. The second kappa shape index (κ2) is 5.12. The highest BCUT2D eigenvalue weighted by molar-refractivity contribution is 6.30. The fourth-order valence-electron chi connectivity index (χ4n) is 2.17. The molecular weight excluding hydrogens is 232 g/mol. The lowest BCUT2D eigenvalue weighted by Gasteiger charge is -2.26. The van der Waals surface area contributed by atoms with E-state index in [2.05, 4.69) is 11.8 Å². The minimum atomic E-state index is -0.785. The third-order valence-electron chi connectivity index (χ3n) is 3.31. The van der Waals surface area contributed by atoms with E-state index in [1.807, 2.05) is 25.1 Å². The Morgan fingerprint density at radius 1 is 1.24 bits per heavy atom. The van der Waals surface area contributed by atoms with Gasteiger partial charge in [0.1, 0.15) is 5.60 Å². The highest BCUT2D eigenvalue weighted by Gasteiger charge is 2.26. The molecule has 0 bridgehead atoms. The number of aliphatic hydroxyl groups is 1. The van der Waals surface area contributed by atoms with Crippen molar-refractivity contribution in [3.8, 4) is 11.8 Å².